The van der Waals surface area contributed by atoms with E-state index >= 15 is 0 Å². The molecule has 2 aromatic rings. The number of halogens is 2. The Morgan fingerprint density at radius 1 is 1.21 bits per heavy atom. The van der Waals surface area contributed by atoms with E-state index in [-0.39, 0.29) is 14.9 Å². The SMILES string of the molecule is COc1ccc(C=NNS(=O)(=O)c2cc(Cl)ccc2Cl)cc1CN1CCOCC1. The van der Waals surface area contributed by atoms with Crippen LogP contribution in [0.4, 0.5) is 0 Å². The normalized spacial score (nSPS) is 15.6. The lowest BCUT2D eigenvalue weighted by atomic mass is 10.1. The molecule has 0 unspecified atom stereocenters. The van der Waals surface area contributed by atoms with Crippen LogP contribution in [0.5, 0.6) is 5.75 Å². The van der Waals surface area contributed by atoms with Crippen LogP contribution in [0.15, 0.2) is 46.4 Å². The lowest BCUT2D eigenvalue weighted by Gasteiger charge is -2.27. The van der Waals surface area contributed by atoms with E-state index in [4.69, 9.17) is 32.7 Å². The van der Waals surface area contributed by atoms with E-state index in [1.807, 2.05) is 12.1 Å². The number of ether oxygens (including phenoxy) is 2. The highest BCUT2D eigenvalue weighted by Gasteiger charge is 2.18. The number of methoxy groups -OCH3 is 1. The molecule has 156 valence electrons. The second-order valence-electron chi connectivity index (χ2n) is 6.39. The highest BCUT2D eigenvalue weighted by molar-refractivity contribution is 7.89. The minimum absolute atomic E-state index is 0.0642. The van der Waals surface area contributed by atoms with Crippen molar-refractivity contribution in [1.29, 1.82) is 0 Å². The molecule has 0 bridgehead atoms. The van der Waals surface area contributed by atoms with Crippen molar-refractivity contribution in [1.82, 2.24) is 9.73 Å². The first-order chi connectivity index (χ1) is 13.9. The number of rotatable bonds is 7. The van der Waals surface area contributed by atoms with Crippen LogP contribution in [0.2, 0.25) is 10.0 Å². The molecule has 0 amide bonds. The molecule has 1 aliphatic rings. The zero-order valence-electron chi connectivity index (χ0n) is 15.8. The molecule has 7 nitrogen and oxygen atoms in total. The van der Waals surface area contributed by atoms with Crippen LogP contribution in [0.1, 0.15) is 11.1 Å². The molecule has 1 saturated heterocycles. The van der Waals surface area contributed by atoms with Gasteiger partial charge in [0.15, 0.2) is 0 Å². The van der Waals surface area contributed by atoms with Gasteiger partial charge in [-0.1, -0.05) is 23.2 Å². The highest BCUT2D eigenvalue weighted by Crippen LogP contribution is 2.25. The number of benzene rings is 2. The Bertz CT molecular complexity index is 993. The fourth-order valence-electron chi connectivity index (χ4n) is 2.91. The van der Waals surface area contributed by atoms with E-state index in [0.717, 1.165) is 30.0 Å². The van der Waals surface area contributed by atoms with Crippen LogP contribution < -0.4 is 9.57 Å². The topological polar surface area (TPSA) is 80.2 Å². The van der Waals surface area contributed by atoms with Gasteiger partial charge in [0.1, 0.15) is 10.6 Å². The molecule has 0 spiro atoms. The lowest BCUT2D eigenvalue weighted by Crippen LogP contribution is -2.35. The van der Waals surface area contributed by atoms with Gasteiger partial charge < -0.3 is 9.47 Å². The maximum absolute atomic E-state index is 12.4. The summed E-state index contributed by atoms with van der Waals surface area (Å²) in [5, 5.41) is 4.19. The fourth-order valence-corrected chi connectivity index (χ4v) is 4.46. The van der Waals surface area contributed by atoms with Crippen molar-refractivity contribution in [2.24, 2.45) is 5.10 Å². The molecule has 1 fully saturated rings. The van der Waals surface area contributed by atoms with Crippen molar-refractivity contribution < 1.29 is 17.9 Å². The summed E-state index contributed by atoms with van der Waals surface area (Å²) in [6, 6.07) is 9.75. The van der Waals surface area contributed by atoms with Crippen LogP contribution in [-0.4, -0.2) is 52.9 Å². The Morgan fingerprint density at radius 2 is 1.97 bits per heavy atom. The summed E-state index contributed by atoms with van der Waals surface area (Å²) in [5.41, 5.74) is 1.72. The third-order valence-corrected chi connectivity index (χ3v) is 6.31. The van der Waals surface area contributed by atoms with E-state index in [9.17, 15) is 8.42 Å². The maximum Gasteiger partial charge on any atom is 0.278 e. The number of morpholine rings is 1. The van der Waals surface area contributed by atoms with Crippen molar-refractivity contribution >= 4 is 39.4 Å². The van der Waals surface area contributed by atoms with Gasteiger partial charge in [0, 0.05) is 30.2 Å². The first kappa shape index (κ1) is 21.9. The van der Waals surface area contributed by atoms with Gasteiger partial charge in [-0.3, -0.25) is 4.90 Å². The fraction of sp³-hybridized carbons (Fsp3) is 0.316. The average molecular weight is 458 g/mol. The molecule has 29 heavy (non-hydrogen) atoms. The Labute approximate surface area is 180 Å². The molecule has 1 heterocycles. The van der Waals surface area contributed by atoms with Crippen molar-refractivity contribution in [3.8, 4) is 5.75 Å². The van der Waals surface area contributed by atoms with E-state index in [0.29, 0.717) is 19.8 Å². The molecule has 0 atom stereocenters. The van der Waals surface area contributed by atoms with Crippen molar-refractivity contribution in [2.45, 2.75) is 11.4 Å². The molecule has 1 aliphatic heterocycles. The van der Waals surface area contributed by atoms with Gasteiger partial charge in [0.05, 0.1) is 31.6 Å². The second kappa shape index (κ2) is 9.77. The summed E-state index contributed by atoms with van der Waals surface area (Å²) in [7, 11) is -2.32. The quantitative estimate of drug-likeness (QED) is 0.510. The van der Waals surface area contributed by atoms with Crippen molar-refractivity contribution in [3.63, 3.8) is 0 Å². The highest BCUT2D eigenvalue weighted by atomic mass is 35.5. The van der Waals surface area contributed by atoms with Crippen LogP contribution in [0.3, 0.4) is 0 Å². The molecule has 3 rings (SSSR count). The summed E-state index contributed by atoms with van der Waals surface area (Å²) < 4.78 is 35.7. The van der Waals surface area contributed by atoms with Crippen molar-refractivity contribution in [2.75, 3.05) is 33.4 Å². The number of hydrogen-bond donors (Lipinski definition) is 1. The van der Waals surface area contributed by atoms with Gasteiger partial charge in [-0.15, -0.1) is 0 Å². The summed E-state index contributed by atoms with van der Waals surface area (Å²) >= 11 is 11.8. The minimum Gasteiger partial charge on any atom is -0.496 e. The van der Waals surface area contributed by atoms with Gasteiger partial charge in [-0.25, -0.2) is 4.83 Å². The Kier molecular flexibility index (Phi) is 7.37. The molecular formula is C19H21Cl2N3O4S. The predicted octanol–water partition coefficient (Wildman–Crippen LogP) is 3.15. The molecule has 0 aromatic heterocycles. The van der Waals surface area contributed by atoms with Crippen LogP contribution in [0, 0.1) is 0 Å². The van der Waals surface area contributed by atoms with Crippen LogP contribution in [-0.2, 0) is 21.3 Å². The zero-order valence-corrected chi connectivity index (χ0v) is 18.1. The molecule has 2 aromatic carbocycles. The van der Waals surface area contributed by atoms with E-state index in [1.165, 1.54) is 24.4 Å². The van der Waals surface area contributed by atoms with Gasteiger partial charge in [0.2, 0.25) is 0 Å². The number of hydrogen-bond acceptors (Lipinski definition) is 6. The average Bonchev–Trinajstić information content (AvgIpc) is 2.70. The predicted molar refractivity (Wildman–Crippen MR) is 113 cm³/mol. The third kappa shape index (κ3) is 5.83. The largest absolute Gasteiger partial charge is 0.496 e. The summed E-state index contributed by atoms with van der Waals surface area (Å²) in [6.07, 6.45) is 1.43. The van der Waals surface area contributed by atoms with Crippen LogP contribution in [0.25, 0.3) is 0 Å². The second-order valence-corrected chi connectivity index (χ2v) is 8.86. The number of nitrogens with zero attached hydrogens (tertiary/aromatic N) is 2. The van der Waals surface area contributed by atoms with Gasteiger partial charge >= 0.3 is 0 Å². The number of nitrogens with one attached hydrogen (secondary N) is 1. The summed E-state index contributed by atoms with van der Waals surface area (Å²) in [5.74, 6) is 0.764. The lowest BCUT2D eigenvalue weighted by molar-refractivity contribution is 0.0339. The standard InChI is InChI=1S/C19H21Cl2N3O4S/c1-27-18-5-2-14(10-15(18)13-24-6-8-28-9-7-24)12-22-23-29(25,26)19-11-16(20)3-4-17(19)21/h2-5,10-12,23H,6-9,13H2,1H3. The molecular weight excluding hydrogens is 437 g/mol. The number of hydrazone groups is 1. The van der Waals surface area contributed by atoms with Crippen molar-refractivity contribution in [3.05, 3.63) is 57.6 Å². The Balaban J connectivity index is 1.74. The first-order valence-electron chi connectivity index (χ1n) is 8.86. The zero-order chi connectivity index (χ0) is 20.9. The minimum atomic E-state index is -3.94. The summed E-state index contributed by atoms with van der Waals surface area (Å²) in [6.45, 7) is 3.82. The molecule has 1 N–H and O–H groups in total. The van der Waals surface area contributed by atoms with E-state index in [2.05, 4.69) is 14.8 Å². The summed E-state index contributed by atoms with van der Waals surface area (Å²) in [4.78, 5) is 4.30. The monoisotopic (exact) mass is 457 g/mol. The molecule has 10 heteroatoms. The Morgan fingerprint density at radius 3 is 2.69 bits per heavy atom. The Hall–Kier alpha value is -1.84. The van der Waals surface area contributed by atoms with E-state index < -0.39 is 10.0 Å². The molecule has 0 aliphatic carbocycles. The van der Waals surface area contributed by atoms with Gasteiger partial charge in [0.25, 0.3) is 10.0 Å². The number of sulfonamides is 1. The van der Waals surface area contributed by atoms with Gasteiger partial charge in [-0.2, -0.15) is 13.5 Å². The molecule has 0 radical (unpaired) electrons. The molecule has 0 saturated carbocycles. The van der Waals surface area contributed by atoms with E-state index in [1.54, 1.807) is 13.2 Å². The van der Waals surface area contributed by atoms with Gasteiger partial charge in [-0.05, 0) is 42.0 Å². The first-order valence-corrected chi connectivity index (χ1v) is 11.1. The van der Waals surface area contributed by atoms with Crippen LogP contribution >= 0.6 is 23.2 Å². The third-order valence-electron chi connectivity index (χ3n) is 4.37. The maximum atomic E-state index is 12.4. The smallest absolute Gasteiger partial charge is 0.278 e.